The van der Waals surface area contributed by atoms with Crippen molar-refractivity contribution in [3.05, 3.63) is 50.9 Å². The topological polar surface area (TPSA) is 64.3 Å². The molecule has 0 aliphatic carbocycles. The lowest BCUT2D eigenvalue weighted by atomic mass is 10.3. The zero-order valence-electron chi connectivity index (χ0n) is 10.7. The summed E-state index contributed by atoms with van der Waals surface area (Å²) in [7, 11) is 0. The van der Waals surface area contributed by atoms with Crippen LogP contribution < -0.4 is 15.8 Å². The van der Waals surface area contributed by atoms with Crippen LogP contribution in [0.4, 0.5) is 11.4 Å². The maximum Gasteiger partial charge on any atom is 0.262 e. The summed E-state index contributed by atoms with van der Waals surface area (Å²) >= 11 is 15.3. The number of nitrogen functional groups attached to an aromatic ring is 1. The van der Waals surface area contributed by atoms with Crippen molar-refractivity contribution in [1.82, 2.24) is 0 Å². The van der Waals surface area contributed by atoms with E-state index in [0.29, 0.717) is 17.1 Å². The van der Waals surface area contributed by atoms with Crippen molar-refractivity contribution < 1.29 is 9.53 Å². The molecule has 0 fully saturated rings. The SMILES string of the molecule is Nc1cc(Cl)c(NC(=O)COc2cccc(Br)c2)c(Cl)c1. The molecule has 0 saturated heterocycles. The van der Waals surface area contributed by atoms with Crippen LogP contribution in [0.25, 0.3) is 0 Å². The van der Waals surface area contributed by atoms with Crippen LogP contribution in [0.15, 0.2) is 40.9 Å². The van der Waals surface area contributed by atoms with Gasteiger partial charge in [-0.25, -0.2) is 0 Å². The van der Waals surface area contributed by atoms with Gasteiger partial charge in [0, 0.05) is 10.2 Å². The minimum Gasteiger partial charge on any atom is -0.484 e. The molecule has 0 unspecified atom stereocenters. The fourth-order valence-electron chi connectivity index (χ4n) is 1.59. The number of ether oxygens (including phenoxy) is 1. The Balaban J connectivity index is 1.99. The molecule has 0 saturated carbocycles. The summed E-state index contributed by atoms with van der Waals surface area (Å²) in [4.78, 5) is 11.9. The molecule has 7 heteroatoms. The number of hydrogen-bond donors (Lipinski definition) is 2. The van der Waals surface area contributed by atoms with Crippen LogP contribution in [-0.4, -0.2) is 12.5 Å². The van der Waals surface area contributed by atoms with Crippen LogP contribution in [0.5, 0.6) is 5.75 Å². The maximum absolute atomic E-state index is 11.9. The molecular weight excluding hydrogens is 379 g/mol. The number of carbonyl (C=O) groups excluding carboxylic acids is 1. The molecule has 0 atom stereocenters. The number of halogens is 3. The van der Waals surface area contributed by atoms with E-state index in [1.807, 2.05) is 12.1 Å². The third kappa shape index (κ3) is 4.52. The van der Waals surface area contributed by atoms with Crippen LogP contribution >= 0.6 is 39.1 Å². The fraction of sp³-hybridized carbons (Fsp3) is 0.0714. The zero-order valence-corrected chi connectivity index (χ0v) is 13.8. The fourth-order valence-corrected chi connectivity index (χ4v) is 2.57. The molecule has 2 aromatic carbocycles. The van der Waals surface area contributed by atoms with Crippen molar-refractivity contribution in [2.24, 2.45) is 0 Å². The van der Waals surface area contributed by atoms with Gasteiger partial charge in [-0.05, 0) is 30.3 Å². The molecule has 2 rings (SSSR count). The van der Waals surface area contributed by atoms with E-state index in [1.165, 1.54) is 12.1 Å². The van der Waals surface area contributed by atoms with Crippen LogP contribution in [0, 0.1) is 0 Å². The van der Waals surface area contributed by atoms with Gasteiger partial charge in [0.2, 0.25) is 0 Å². The molecule has 21 heavy (non-hydrogen) atoms. The molecule has 3 N–H and O–H groups in total. The van der Waals surface area contributed by atoms with Crippen LogP contribution in [-0.2, 0) is 4.79 Å². The summed E-state index contributed by atoms with van der Waals surface area (Å²) in [6.45, 7) is -0.159. The highest BCUT2D eigenvalue weighted by Crippen LogP contribution is 2.32. The monoisotopic (exact) mass is 388 g/mol. The first-order valence-electron chi connectivity index (χ1n) is 5.88. The minimum atomic E-state index is -0.372. The number of hydrogen-bond acceptors (Lipinski definition) is 3. The predicted octanol–water partition coefficient (Wildman–Crippen LogP) is 4.36. The Labute approximate surface area is 140 Å². The lowest BCUT2D eigenvalue weighted by Gasteiger charge is -2.11. The molecule has 0 aliphatic rings. The number of nitrogens with one attached hydrogen (secondary N) is 1. The summed E-state index contributed by atoms with van der Waals surface area (Å²) in [5.41, 5.74) is 6.34. The molecule has 0 spiro atoms. The van der Waals surface area contributed by atoms with Gasteiger partial charge in [-0.15, -0.1) is 0 Å². The molecule has 0 aromatic heterocycles. The first-order chi connectivity index (χ1) is 9.95. The summed E-state index contributed by atoms with van der Waals surface area (Å²) in [5.74, 6) is 0.206. The maximum atomic E-state index is 11.9. The van der Waals surface area contributed by atoms with Gasteiger partial charge in [-0.1, -0.05) is 45.2 Å². The highest BCUT2D eigenvalue weighted by Gasteiger charge is 2.11. The molecule has 0 bridgehead atoms. The van der Waals surface area contributed by atoms with Crippen LogP contribution in [0.1, 0.15) is 0 Å². The van der Waals surface area contributed by atoms with Gasteiger partial charge in [0.05, 0.1) is 15.7 Å². The third-order valence-corrected chi connectivity index (χ3v) is 3.58. The normalized spacial score (nSPS) is 10.2. The molecule has 1 amide bonds. The van der Waals surface area contributed by atoms with Crippen molar-refractivity contribution >= 4 is 56.4 Å². The summed E-state index contributed by atoms with van der Waals surface area (Å²) in [5, 5.41) is 3.14. The van der Waals surface area contributed by atoms with Crippen LogP contribution in [0.2, 0.25) is 10.0 Å². The van der Waals surface area contributed by atoms with E-state index in [0.717, 1.165) is 4.47 Å². The van der Waals surface area contributed by atoms with Gasteiger partial charge >= 0.3 is 0 Å². The predicted molar refractivity (Wildman–Crippen MR) is 89.1 cm³/mol. The average molecular weight is 390 g/mol. The van der Waals surface area contributed by atoms with Gasteiger partial charge in [0.1, 0.15) is 5.75 Å². The lowest BCUT2D eigenvalue weighted by Crippen LogP contribution is -2.20. The zero-order chi connectivity index (χ0) is 15.4. The average Bonchev–Trinajstić information content (AvgIpc) is 2.40. The van der Waals surface area contributed by atoms with E-state index in [1.54, 1.807) is 12.1 Å². The number of anilines is 2. The Morgan fingerprint density at radius 3 is 2.52 bits per heavy atom. The van der Waals surface area contributed by atoms with E-state index in [-0.39, 0.29) is 22.6 Å². The number of nitrogens with two attached hydrogens (primary N) is 1. The van der Waals surface area contributed by atoms with Crippen molar-refractivity contribution in [2.75, 3.05) is 17.7 Å². The smallest absolute Gasteiger partial charge is 0.262 e. The molecule has 4 nitrogen and oxygen atoms in total. The molecule has 110 valence electrons. The standard InChI is InChI=1S/C14H11BrCl2N2O2/c15-8-2-1-3-10(4-8)21-7-13(20)19-14-11(16)5-9(18)6-12(14)17/h1-6H,7,18H2,(H,19,20). The van der Waals surface area contributed by atoms with Crippen molar-refractivity contribution in [3.63, 3.8) is 0 Å². The van der Waals surface area contributed by atoms with Crippen molar-refractivity contribution in [3.8, 4) is 5.75 Å². The Bertz CT molecular complexity index is 657. The second-order valence-electron chi connectivity index (χ2n) is 4.15. The number of amides is 1. The summed E-state index contributed by atoms with van der Waals surface area (Å²) < 4.78 is 6.24. The first-order valence-corrected chi connectivity index (χ1v) is 7.43. The summed E-state index contributed by atoms with van der Waals surface area (Å²) in [6, 6.07) is 10.2. The molecule has 0 aliphatic heterocycles. The quantitative estimate of drug-likeness (QED) is 0.763. The van der Waals surface area contributed by atoms with E-state index in [9.17, 15) is 4.79 Å². The minimum absolute atomic E-state index is 0.159. The molecule has 2 aromatic rings. The molecule has 0 heterocycles. The second-order valence-corrected chi connectivity index (χ2v) is 5.88. The number of rotatable bonds is 4. The van der Waals surface area contributed by atoms with Crippen LogP contribution in [0.3, 0.4) is 0 Å². The molecular formula is C14H11BrCl2N2O2. The Hall–Kier alpha value is -1.43. The van der Waals surface area contributed by atoms with Crippen molar-refractivity contribution in [1.29, 1.82) is 0 Å². The lowest BCUT2D eigenvalue weighted by molar-refractivity contribution is -0.118. The van der Waals surface area contributed by atoms with Gasteiger partial charge in [0.25, 0.3) is 5.91 Å². The van der Waals surface area contributed by atoms with E-state index in [2.05, 4.69) is 21.2 Å². The van der Waals surface area contributed by atoms with Gasteiger partial charge in [-0.3, -0.25) is 4.79 Å². The number of benzene rings is 2. The van der Waals surface area contributed by atoms with Crippen molar-refractivity contribution in [2.45, 2.75) is 0 Å². The Morgan fingerprint density at radius 2 is 1.90 bits per heavy atom. The number of carbonyl (C=O) groups is 1. The Kier molecular flexibility index (Phi) is 5.33. The second kappa shape index (κ2) is 7.02. The van der Waals surface area contributed by atoms with E-state index < -0.39 is 0 Å². The van der Waals surface area contributed by atoms with Gasteiger partial charge < -0.3 is 15.8 Å². The molecule has 0 radical (unpaired) electrons. The third-order valence-electron chi connectivity index (χ3n) is 2.49. The highest BCUT2D eigenvalue weighted by atomic mass is 79.9. The van der Waals surface area contributed by atoms with E-state index in [4.69, 9.17) is 33.7 Å². The highest BCUT2D eigenvalue weighted by molar-refractivity contribution is 9.10. The Morgan fingerprint density at radius 1 is 1.24 bits per heavy atom. The van der Waals surface area contributed by atoms with E-state index >= 15 is 0 Å². The largest absolute Gasteiger partial charge is 0.484 e. The summed E-state index contributed by atoms with van der Waals surface area (Å²) in [6.07, 6.45) is 0. The first kappa shape index (κ1) is 15.9. The van der Waals surface area contributed by atoms with Gasteiger partial charge in [-0.2, -0.15) is 0 Å². The van der Waals surface area contributed by atoms with Gasteiger partial charge in [0.15, 0.2) is 6.61 Å².